The van der Waals surface area contributed by atoms with Crippen molar-refractivity contribution in [3.8, 4) is 0 Å². The Hall–Kier alpha value is -1.32. The first kappa shape index (κ1) is 12.7. The van der Waals surface area contributed by atoms with Gasteiger partial charge in [0.2, 0.25) is 0 Å². The van der Waals surface area contributed by atoms with E-state index in [2.05, 4.69) is 18.8 Å². The Bertz CT molecular complexity index is 422. The lowest BCUT2D eigenvalue weighted by Gasteiger charge is -2.14. The van der Waals surface area contributed by atoms with Crippen molar-refractivity contribution in [2.24, 2.45) is 0 Å². The zero-order valence-corrected chi connectivity index (χ0v) is 10.4. The molecule has 0 saturated carbocycles. The maximum atomic E-state index is 11.8. The monoisotopic (exact) mass is 224 g/mol. The van der Waals surface area contributed by atoms with Crippen molar-refractivity contribution in [2.75, 3.05) is 0 Å². The highest BCUT2D eigenvalue weighted by Gasteiger charge is 2.12. The Morgan fingerprint density at radius 1 is 1.25 bits per heavy atom. The van der Waals surface area contributed by atoms with Gasteiger partial charge >= 0.3 is 5.69 Å². The molecule has 0 radical (unpaired) electrons. The highest BCUT2D eigenvalue weighted by Crippen LogP contribution is 2.18. The van der Waals surface area contributed by atoms with Gasteiger partial charge in [-0.15, -0.1) is 0 Å². The number of hydrogen-bond acceptors (Lipinski definition) is 2. The summed E-state index contributed by atoms with van der Waals surface area (Å²) in [6.45, 7) is 7.77. The molecule has 0 amide bonds. The molecule has 0 aliphatic rings. The maximum absolute atomic E-state index is 11.8. The minimum absolute atomic E-state index is 0.105. The van der Waals surface area contributed by atoms with Gasteiger partial charge in [-0.1, -0.05) is 13.8 Å². The lowest BCUT2D eigenvalue weighted by Crippen LogP contribution is -2.37. The summed E-state index contributed by atoms with van der Waals surface area (Å²) < 4.78 is 1.24. The fourth-order valence-corrected chi connectivity index (χ4v) is 1.96. The fourth-order valence-electron chi connectivity index (χ4n) is 1.96. The Labute approximate surface area is 95.3 Å². The minimum atomic E-state index is -0.301. The highest BCUT2D eigenvalue weighted by atomic mass is 16.2. The topological polar surface area (TPSA) is 54.9 Å². The normalized spacial score (nSPS) is 11.4. The molecule has 1 aromatic heterocycles. The van der Waals surface area contributed by atoms with E-state index in [1.165, 1.54) is 4.57 Å². The Morgan fingerprint density at radius 2 is 1.81 bits per heavy atom. The average Bonchev–Trinajstić information content (AvgIpc) is 2.17. The zero-order valence-electron chi connectivity index (χ0n) is 10.4. The van der Waals surface area contributed by atoms with Crippen LogP contribution in [-0.4, -0.2) is 9.55 Å². The van der Waals surface area contributed by atoms with Crippen LogP contribution in [0.5, 0.6) is 0 Å². The number of nitrogens with one attached hydrogen (secondary N) is 1. The van der Waals surface area contributed by atoms with Crippen LogP contribution in [0.4, 0.5) is 0 Å². The van der Waals surface area contributed by atoms with Crippen molar-refractivity contribution < 1.29 is 0 Å². The summed E-state index contributed by atoms with van der Waals surface area (Å²) in [6.07, 6.45) is 1.86. The van der Waals surface area contributed by atoms with Crippen LogP contribution in [0.1, 0.15) is 58.2 Å². The summed E-state index contributed by atoms with van der Waals surface area (Å²) in [4.78, 5) is 26.3. The summed E-state index contributed by atoms with van der Waals surface area (Å²) in [7, 11) is 0. The van der Waals surface area contributed by atoms with E-state index < -0.39 is 0 Å². The molecule has 90 valence electrons. The zero-order chi connectivity index (χ0) is 12.3. The van der Waals surface area contributed by atoms with E-state index in [1.807, 2.05) is 13.8 Å². The van der Waals surface area contributed by atoms with E-state index in [4.69, 9.17) is 0 Å². The smallest absolute Gasteiger partial charge is 0.311 e. The fraction of sp³-hybridized carbons (Fsp3) is 0.667. The summed E-state index contributed by atoms with van der Waals surface area (Å²) in [6, 6.07) is 1.45. The van der Waals surface area contributed by atoms with Crippen LogP contribution in [0.2, 0.25) is 0 Å². The van der Waals surface area contributed by atoms with Gasteiger partial charge in [-0.2, -0.15) is 0 Å². The van der Waals surface area contributed by atoms with Gasteiger partial charge in [0.1, 0.15) is 0 Å². The highest BCUT2D eigenvalue weighted by molar-refractivity contribution is 5.06. The first-order valence-electron chi connectivity index (χ1n) is 5.87. The summed E-state index contributed by atoms with van der Waals surface area (Å²) in [5.41, 5.74) is 0.252. The molecule has 0 unspecified atom stereocenters. The van der Waals surface area contributed by atoms with Crippen molar-refractivity contribution in [1.29, 1.82) is 0 Å². The van der Waals surface area contributed by atoms with Crippen LogP contribution in [0, 0.1) is 0 Å². The van der Waals surface area contributed by atoms with Gasteiger partial charge in [-0.3, -0.25) is 9.36 Å². The summed E-state index contributed by atoms with van der Waals surface area (Å²) in [5, 5.41) is 0. The first-order valence-corrected chi connectivity index (χ1v) is 5.87. The standard InChI is InChI=1S/C12H20N2O2/c1-5-9(6-2)10-7-11(15)14(8(3)4)12(16)13-10/h7-9H,5-6H2,1-4H3,(H,13,16). The lowest BCUT2D eigenvalue weighted by molar-refractivity contribution is 0.529. The van der Waals surface area contributed by atoms with Crippen LogP contribution in [0.15, 0.2) is 15.7 Å². The first-order chi connectivity index (χ1) is 7.51. The third-order valence-corrected chi connectivity index (χ3v) is 2.93. The van der Waals surface area contributed by atoms with Crippen molar-refractivity contribution in [3.05, 3.63) is 32.6 Å². The van der Waals surface area contributed by atoms with Crippen LogP contribution >= 0.6 is 0 Å². The summed E-state index contributed by atoms with van der Waals surface area (Å²) in [5.74, 6) is 0.266. The Morgan fingerprint density at radius 3 is 2.19 bits per heavy atom. The van der Waals surface area contributed by atoms with Gasteiger partial charge < -0.3 is 4.98 Å². The number of nitrogens with zero attached hydrogens (tertiary/aromatic N) is 1. The summed E-state index contributed by atoms with van der Waals surface area (Å²) >= 11 is 0. The van der Waals surface area contributed by atoms with Gasteiger partial charge in [0.05, 0.1) is 0 Å². The second kappa shape index (κ2) is 5.14. The number of H-pyrrole nitrogens is 1. The minimum Gasteiger partial charge on any atom is -0.311 e. The van der Waals surface area contributed by atoms with Crippen LogP contribution < -0.4 is 11.2 Å². The number of aromatic nitrogens is 2. The predicted octanol–water partition coefficient (Wildman–Crippen LogP) is 2.02. The van der Waals surface area contributed by atoms with Gasteiger partial charge in [-0.25, -0.2) is 4.79 Å². The number of rotatable bonds is 4. The molecule has 0 spiro atoms. The largest absolute Gasteiger partial charge is 0.328 e. The van der Waals surface area contributed by atoms with Crippen molar-refractivity contribution >= 4 is 0 Å². The molecule has 16 heavy (non-hydrogen) atoms. The third-order valence-electron chi connectivity index (χ3n) is 2.93. The molecule has 0 aromatic carbocycles. The molecule has 0 bridgehead atoms. The quantitative estimate of drug-likeness (QED) is 0.850. The van der Waals surface area contributed by atoms with E-state index in [0.717, 1.165) is 18.5 Å². The Balaban J connectivity index is 3.30. The molecular weight excluding hydrogens is 204 g/mol. The molecule has 0 saturated heterocycles. The molecule has 1 rings (SSSR count). The molecule has 0 atom stereocenters. The van der Waals surface area contributed by atoms with Gasteiger partial charge in [0.15, 0.2) is 0 Å². The van der Waals surface area contributed by atoms with Crippen molar-refractivity contribution in [1.82, 2.24) is 9.55 Å². The molecule has 0 aliphatic carbocycles. The number of aromatic amines is 1. The molecular formula is C12H20N2O2. The second-order valence-electron chi connectivity index (χ2n) is 4.35. The molecule has 0 aliphatic heterocycles. The third kappa shape index (κ3) is 2.43. The van der Waals surface area contributed by atoms with Crippen LogP contribution in [-0.2, 0) is 0 Å². The van der Waals surface area contributed by atoms with E-state index in [1.54, 1.807) is 6.07 Å². The average molecular weight is 224 g/mol. The van der Waals surface area contributed by atoms with E-state index in [9.17, 15) is 9.59 Å². The van der Waals surface area contributed by atoms with Gasteiger partial charge in [0, 0.05) is 17.8 Å². The molecule has 1 N–H and O–H groups in total. The molecule has 4 heteroatoms. The Kier molecular flexibility index (Phi) is 4.10. The molecule has 1 aromatic rings. The molecule has 1 heterocycles. The predicted molar refractivity (Wildman–Crippen MR) is 65.0 cm³/mol. The second-order valence-corrected chi connectivity index (χ2v) is 4.35. The van der Waals surface area contributed by atoms with E-state index >= 15 is 0 Å². The molecule has 4 nitrogen and oxygen atoms in total. The molecule has 0 fully saturated rings. The van der Waals surface area contributed by atoms with E-state index in [-0.39, 0.29) is 23.2 Å². The van der Waals surface area contributed by atoms with Gasteiger partial charge in [0.25, 0.3) is 5.56 Å². The van der Waals surface area contributed by atoms with Gasteiger partial charge in [-0.05, 0) is 32.6 Å². The SMILES string of the molecule is CCC(CC)c1cc(=O)n(C(C)C)c(=O)[nH]1. The van der Waals surface area contributed by atoms with Crippen LogP contribution in [0.3, 0.4) is 0 Å². The lowest BCUT2D eigenvalue weighted by atomic mass is 9.99. The number of hydrogen-bond donors (Lipinski definition) is 1. The van der Waals surface area contributed by atoms with E-state index in [0.29, 0.717) is 0 Å². The van der Waals surface area contributed by atoms with Crippen molar-refractivity contribution in [3.63, 3.8) is 0 Å². The van der Waals surface area contributed by atoms with Crippen LogP contribution in [0.25, 0.3) is 0 Å². The van der Waals surface area contributed by atoms with Crippen molar-refractivity contribution in [2.45, 2.75) is 52.5 Å². The maximum Gasteiger partial charge on any atom is 0.328 e.